The Balaban J connectivity index is 2.26. The highest BCUT2D eigenvalue weighted by Crippen LogP contribution is 2.40. The van der Waals surface area contributed by atoms with Gasteiger partial charge in [0.15, 0.2) is 12.1 Å². The zero-order chi connectivity index (χ0) is 13.6. The van der Waals surface area contributed by atoms with Crippen LogP contribution in [0.2, 0.25) is 0 Å². The molecule has 1 aliphatic carbocycles. The average molecular weight is 250 g/mol. The summed E-state index contributed by atoms with van der Waals surface area (Å²) < 4.78 is 11.6. The second-order valence-corrected chi connectivity index (χ2v) is 6.58. The highest BCUT2D eigenvalue weighted by Gasteiger charge is 2.38. The molecule has 18 heavy (non-hydrogen) atoms. The van der Waals surface area contributed by atoms with E-state index in [9.17, 15) is 4.79 Å². The topological polar surface area (TPSA) is 35.5 Å². The van der Waals surface area contributed by atoms with Crippen molar-refractivity contribution >= 4 is 5.78 Å². The van der Waals surface area contributed by atoms with Gasteiger partial charge in [0.2, 0.25) is 0 Å². The molecule has 0 N–H and O–H groups in total. The molecular formula is C15H22O3. The number of allylic oxidation sites excluding steroid dienone is 3. The van der Waals surface area contributed by atoms with Gasteiger partial charge in [-0.05, 0) is 13.0 Å². The number of rotatable bonds is 1. The summed E-state index contributed by atoms with van der Waals surface area (Å²) in [5, 5.41) is 0. The third kappa shape index (κ3) is 2.43. The van der Waals surface area contributed by atoms with Crippen LogP contribution in [0.25, 0.3) is 0 Å². The van der Waals surface area contributed by atoms with E-state index in [0.717, 1.165) is 11.1 Å². The Morgan fingerprint density at radius 1 is 1.17 bits per heavy atom. The predicted molar refractivity (Wildman–Crippen MR) is 70.1 cm³/mol. The summed E-state index contributed by atoms with van der Waals surface area (Å²) in [6, 6.07) is 0. The van der Waals surface area contributed by atoms with Crippen molar-refractivity contribution in [1.82, 2.24) is 0 Å². The van der Waals surface area contributed by atoms with Crippen molar-refractivity contribution in [2.45, 2.75) is 40.9 Å². The number of hydrogen-bond donors (Lipinski definition) is 0. The lowest BCUT2D eigenvalue weighted by Gasteiger charge is -2.40. The molecule has 100 valence electrons. The highest BCUT2D eigenvalue weighted by molar-refractivity contribution is 6.05. The molecule has 3 nitrogen and oxygen atoms in total. The first-order valence-electron chi connectivity index (χ1n) is 6.41. The van der Waals surface area contributed by atoms with E-state index < -0.39 is 0 Å². The van der Waals surface area contributed by atoms with Crippen molar-refractivity contribution in [1.29, 1.82) is 0 Å². The molecular weight excluding hydrogens is 228 g/mol. The molecule has 0 aromatic carbocycles. The second-order valence-electron chi connectivity index (χ2n) is 6.58. The number of ketones is 1. The van der Waals surface area contributed by atoms with Crippen LogP contribution in [0.15, 0.2) is 23.3 Å². The van der Waals surface area contributed by atoms with Gasteiger partial charge in [-0.25, -0.2) is 0 Å². The minimum absolute atomic E-state index is 0.0453. The molecule has 0 saturated carbocycles. The normalized spacial score (nSPS) is 27.7. The fourth-order valence-corrected chi connectivity index (χ4v) is 2.45. The molecule has 0 radical (unpaired) electrons. The Morgan fingerprint density at radius 3 is 2.28 bits per heavy atom. The van der Waals surface area contributed by atoms with Gasteiger partial charge in [0.25, 0.3) is 0 Å². The van der Waals surface area contributed by atoms with Crippen LogP contribution in [0.4, 0.5) is 0 Å². The van der Waals surface area contributed by atoms with Crippen LogP contribution in [0.1, 0.15) is 34.6 Å². The molecule has 2 rings (SSSR count). The first kappa shape index (κ1) is 13.5. The van der Waals surface area contributed by atoms with Gasteiger partial charge in [0, 0.05) is 22.0 Å². The number of hydrogen-bond acceptors (Lipinski definition) is 3. The monoisotopic (exact) mass is 250 g/mol. The third-order valence-electron chi connectivity index (χ3n) is 3.61. The summed E-state index contributed by atoms with van der Waals surface area (Å²) >= 11 is 0. The lowest BCUT2D eigenvalue weighted by molar-refractivity contribution is -0.207. The van der Waals surface area contributed by atoms with Crippen molar-refractivity contribution in [2.75, 3.05) is 13.2 Å². The molecule has 0 aromatic rings. The summed E-state index contributed by atoms with van der Waals surface area (Å²) in [4.78, 5) is 11.8. The van der Waals surface area contributed by atoms with Crippen LogP contribution in [0.3, 0.4) is 0 Å². The van der Waals surface area contributed by atoms with Gasteiger partial charge < -0.3 is 9.47 Å². The van der Waals surface area contributed by atoms with Gasteiger partial charge in [-0.1, -0.05) is 33.8 Å². The van der Waals surface area contributed by atoms with Crippen LogP contribution in [0, 0.1) is 10.8 Å². The smallest absolute Gasteiger partial charge is 0.181 e. The van der Waals surface area contributed by atoms with Crippen molar-refractivity contribution in [3.05, 3.63) is 23.3 Å². The second kappa shape index (κ2) is 4.32. The first-order chi connectivity index (χ1) is 8.23. The maximum Gasteiger partial charge on any atom is 0.181 e. The van der Waals surface area contributed by atoms with Crippen molar-refractivity contribution in [3.63, 3.8) is 0 Å². The maximum absolute atomic E-state index is 11.8. The van der Waals surface area contributed by atoms with Crippen molar-refractivity contribution < 1.29 is 14.3 Å². The van der Waals surface area contributed by atoms with Gasteiger partial charge >= 0.3 is 0 Å². The molecule has 1 fully saturated rings. The predicted octanol–water partition coefficient (Wildman–Crippen LogP) is 2.87. The molecule has 0 amide bonds. The number of carbonyl (C=O) groups is 1. The lowest BCUT2D eigenvalue weighted by Crippen LogP contribution is -2.42. The van der Waals surface area contributed by atoms with Gasteiger partial charge in [-0.3, -0.25) is 4.79 Å². The summed E-state index contributed by atoms with van der Waals surface area (Å²) in [7, 11) is 0. The molecule has 2 aliphatic rings. The fraction of sp³-hybridized carbons (Fsp3) is 0.667. The molecule has 1 heterocycles. The molecule has 3 heteroatoms. The van der Waals surface area contributed by atoms with Crippen LogP contribution < -0.4 is 0 Å². The molecule has 0 spiro atoms. The van der Waals surface area contributed by atoms with E-state index in [1.807, 2.05) is 13.0 Å². The first-order valence-corrected chi connectivity index (χ1v) is 6.41. The Morgan fingerprint density at radius 2 is 1.72 bits per heavy atom. The Bertz CT molecular complexity index is 417. The summed E-state index contributed by atoms with van der Waals surface area (Å²) in [6.45, 7) is 11.6. The van der Waals surface area contributed by atoms with Crippen LogP contribution >= 0.6 is 0 Å². The summed E-state index contributed by atoms with van der Waals surface area (Å²) in [5.41, 5.74) is 1.58. The van der Waals surface area contributed by atoms with E-state index in [-0.39, 0.29) is 22.9 Å². The third-order valence-corrected chi connectivity index (χ3v) is 3.61. The van der Waals surface area contributed by atoms with E-state index >= 15 is 0 Å². The van der Waals surface area contributed by atoms with Gasteiger partial charge in [0.05, 0.1) is 13.2 Å². The zero-order valence-corrected chi connectivity index (χ0v) is 11.9. The van der Waals surface area contributed by atoms with E-state index in [4.69, 9.17) is 9.47 Å². The molecule has 1 aliphatic heterocycles. The average Bonchev–Trinajstić information content (AvgIpc) is 2.26. The van der Waals surface area contributed by atoms with Gasteiger partial charge in [-0.2, -0.15) is 0 Å². The standard InChI is InChI=1S/C15H22O3/c1-10-11(16)6-7-15(4,5)12(10)13-17-8-14(2,3)9-18-13/h6-7,13H,8-9H2,1-5H3. The fourth-order valence-electron chi connectivity index (χ4n) is 2.45. The molecule has 0 bridgehead atoms. The quantitative estimate of drug-likeness (QED) is 0.718. The largest absolute Gasteiger partial charge is 0.348 e. The Hall–Kier alpha value is -0.930. The molecule has 1 saturated heterocycles. The molecule has 0 aromatic heterocycles. The lowest BCUT2D eigenvalue weighted by atomic mass is 9.76. The Labute approximate surface area is 109 Å². The van der Waals surface area contributed by atoms with Gasteiger partial charge in [0.1, 0.15) is 0 Å². The summed E-state index contributed by atoms with van der Waals surface area (Å²) in [6.07, 6.45) is 3.19. The van der Waals surface area contributed by atoms with E-state index in [2.05, 4.69) is 27.7 Å². The van der Waals surface area contributed by atoms with Crippen LogP contribution in [-0.4, -0.2) is 25.3 Å². The number of carbonyl (C=O) groups excluding carboxylic acids is 1. The van der Waals surface area contributed by atoms with E-state index in [1.165, 1.54) is 0 Å². The van der Waals surface area contributed by atoms with Gasteiger partial charge in [-0.15, -0.1) is 0 Å². The van der Waals surface area contributed by atoms with Crippen LogP contribution in [-0.2, 0) is 14.3 Å². The zero-order valence-electron chi connectivity index (χ0n) is 11.9. The summed E-state index contributed by atoms with van der Waals surface area (Å²) in [5.74, 6) is 0.0568. The maximum atomic E-state index is 11.8. The number of ether oxygens (including phenoxy) is 2. The van der Waals surface area contributed by atoms with Crippen molar-refractivity contribution in [2.24, 2.45) is 10.8 Å². The van der Waals surface area contributed by atoms with Crippen molar-refractivity contribution in [3.8, 4) is 0 Å². The highest BCUT2D eigenvalue weighted by atomic mass is 16.7. The Kier molecular flexibility index (Phi) is 3.24. The molecule has 0 unspecified atom stereocenters. The van der Waals surface area contributed by atoms with E-state index in [1.54, 1.807) is 6.08 Å². The SMILES string of the molecule is CC1=C(C2OCC(C)(C)CO2)C(C)(C)C=CC1=O. The van der Waals surface area contributed by atoms with E-state index in [0.29, 0.717) is 13.2 Å². The van der Waals surface area contributed by atoms with Crippen LogP contribution in [0.5, 0.6) is 0 Å². The minimum Gasteiger partial charge on any atom is -0.348 e. The molecule has 0 atom stereocenters. The minimum atomic E-state index is -0.387.